The number of hydrogen-bond acceptors (Lipinski definition) is 5. The van der Waals surface area contributed by atoms with E-state index in [0.717, 1.165) is 24.9 Å². The van der Waals surface area contributed by atoms with E-state index in [9.17, 15) is 4.79 Å². The summed E-state index contributed by atoms with van der Waals surface area (Å²) in [6.07, 6.45) is 4.19. The molecule has 0 bridgehead atoms. The largest absolute Gasteiger partial charge is 0.340 e. The first-order valence-electron chi connectivity index (χ1n) is 5.29. The molecule has 3 rings (SSSR count). The zero-order valence-corrected chi connectivity index (χ0v) is 8.63. The van der Waals surface area contributed by atoms with Crippen molar-refractivity contribution >= 4 is 11.9 Å². The summed E-state index contributed by atoms with van der Waals surface area (Å²) in [5, 5.41) is 8.44. The van der Waals surface area contributed by atoms with E-state index in [-0.39, 0.29) is 5.56 Å². The molecule has 1 saturated heterocycles. The molecule has 1 aliphatic heterocycles. The Bertz CT molecular complexity index is 409. The molecule has 0 aromatic carbocycles. The number of nitrogens with zero attached hydrogens (tertiary/aromatic N) is 3. The summed E-state index contributed by atoms with van der Waals surface area (Å²) < 4.78 is 0. The first-order valence-corrected chi connectivity index (χ1v) is 5.29. The van der Waals surface area contributed by atoms with E-state index >= 15 is 0 Å². The molecule has 1 aromatic rings. The molecule has 1 aliphatic carbocycles. The van der Waals surface area contributed by atoms with Crippen LogP contribution in [0.15, 0.2) is 12.4 Å². The Labute approximate surface area is 92.3 Å². The third-order valence-corrected chi connectivity index (χ3v) is 3.26. The zero-order valence-electron chi connectivity index (χ0n) is 8.63. The number of hydrogen-bond donors (Lipinski definition) is 2. The number of aromatic nitrogens is 2. The molecular weight excluding hydrogens is 208 g/mol. The summed E-state index contributed by atoms with van der Waals surface area (Å²) in [6, 6.07) is 0. The van der Waals surface area contributed by atoms with Crippen molar-refractivity contribution in [2.24, 2.45) is 11.8 Å². The molecule has 84 valence electrons. The molecule has 1 unspecified atom stereocenters. The molecule has 0 spiro atoms. The lowest BCUT2D eigenvalue weighted by molar-refractivity contribution is 0.0705. The number of carbonyl (C=O) groups excluding carboxylic acids is 1. The maximum absolute atomic E-state index is 11.1. The highest BCUT2D eigenvalue weighted by Crippen LogP contribution is 2.45. The Hall–Kier alpha value is -1.69. The molecule has 2 heterocycles. The number of carbonyl (C=O) groups is 1. The summed E-state index contributed by atoms with van der Waals surface area (Å²) in [7, 11) is 0. The van der Waals surface area contributed by atoms with E-state index in [0.29, 0.717) is 5.95 Å². The molecule has 0 radical (unpaired) electrons. The van der Waals surface area contributed by atoms with Crippen molar-refractivity contribution in [2.45, 2.75) is 6.42 Å². The fraction of sp³-hybridized carbons (Fsp3) is 0.500. The van der Waals surface area contributed by atoms with Crippen LogP contribution in [0.1, 0.15) is 16.8 Å². The second kappa shape index (κ2) is 3.41. The maximum Gasteiger partial charge on any atom is 0.277 e. The van der Waals surface area contributed by atoms with Gasteiger partial charge in [0.05, 0.1) is 5.56 Å². The summed E-state index contributed by atoms with van der Waals surface area (Å²) in [5.74, 6) is 1.73. The SMILES string of the molecule is O=C(NO)c1cnc(N2CC3C[C@H]3C2)nc1. The fourth-order valence-electron chi connectivity index (χ4n) is 2.23. The van der Waals surface area contributed by atoms with Crippen molar-refractivity contribution in [1.29, 1.82) is 0 Å². The van der Waals surface area contributed by atoms with Crippen LogP contribution in [-0.4, -0.2) is 34.2 Å². The van der Waals surface area contributed by atoms with Gasteiger partial charge in [0.15, 0.2) is 0 Å². The van der Waals surface area contributed by atoms with Gasteiger partial charge in [-0.2, -0.15) is 0 Å². The molecule has 6 nitrogen and oxygen atoms in total. The predicted octanol–water partition coefficient (Wildman–Crippen LogP) is 0.0517. The zero-order chi connectivity index (χ0) is 11.1. The summed E-state index contributed by atoms with van der Waals surface area (Å²) in [4.78, 5) is 21.4. The van der Waals surface area contributed by atoms with Crippen molar-refractivity contribution in [3.05, 3.63) is 18.0 Å². The summed E-state index contributed by atoms with van der Waals surface area (Å²) >= 11 is 0. The lowest BCUT2D eigenvalue weighted by Crippen LogP contribution is -2.25. The van der Waals surface area contributed by atoms with Crippen molar-refractivity contribution in [3.63, 3.8) is 0 Å². The van der Waals surface area contributed by atoms with Gasteiger partial charge in [-0.05, 0) is 18.3 Å². The number of piperidine rings is 1. The average molecular weight is 220 g/mol. The van der Waals surface area contributed by atoms with Gasteiger partial charge in [0.2, 0.25) is 5.95 Å². The highest BCUT2D eigenvalue weighted by molar-refractivity contribution is 5.92. The topological polar surface area (TPSA) is 78.3 Å². The van der Waals surface area contributed by atoms with Gasteiger partial charge in [0.25, 0.3) is 5.91 Å². The Kier molecular flexibility index (Phi) is 2.03. The molecule has 2 N–H and O–H groups in total. The summed E-state index contributed by atoms with van der Waals surface area (Å²) in [5.41, 5.74) is 1.81. The highest BCUT2D eigenvalue weighted by atomic mass is 16.5. The minimum Gasteiger partial charge on any atom is -0.340 e. The summed E-state index contributed by atoms with van der Waals surface area (Å²) in [6.45, 7) is 2.05. The fourth-order valence-corrected chi connectivity index (χ4v) is 2.23. The molecule has 2 fully saturated rings. The number of amides is 1. The average Bonchev–Trinajstić information content (AvgIpc) is 2.95. The van der Waals surface area contributed by atoms with E-state index < -0.39 is 5.91 Å². The normalized spacial score (nSPS) is 26.4. The lowest BCUT2D eigenvalue weighted by atomic mass is 10.3. The van der Waals surface area contributed by atoms with E-state index in [1.807, 2.05) is 0 Å². The monoisotopic (exact) mass is 220 g/mol. The number of hydroxylamine groups is 1. The van der Waals surface area contributed by atoms with Crippen LogP contribution in [-0.2, 0) is 0 Å². The van der Waals surface area contributed by atoms with Gasteiger partial charge in [0.1, 0.15) is 0 Å². The second-order valence-corrected chi connectivity index (χ2v) is 4.37. The molecule has 16 heavy (non-hydrogen) atoms. The lowest BCUT2D eigenvalue weighted by Gasteiger charge is -2.17. The molecule has 2 atom stereocenters. The van der Waals surface area contributed by atoms with Crippen LogP contribution in [0.3, 0.4) is 0 Å². The van der Waals surface area contributed by atoms with Crippen LogP contribution in [0.2, 0.25) is 0 Å². The van der Waals surface area contributed by atoms with E-state index in [1.54, 1.807) is 5.48 Å². The van der Waals surface area contributed by atoms with E-state index in [1.165, 1.54) is 18.8 Å². The predicted molar refractivity (Wildman–Crippen MR) is 55.1 cm³/mol. The molecular formula is C10H12N4O2. The Morgan fingerprint density at radius 1 is 1.38 bits per heavy atom. The number of rotatable bonds is 2. The smallest absolute Gasteiger partial charge is 0.277 e. The van der Waals surface area contributed by atoms with Gasteiger partial charge >= 0.3 is 0 Å². The second-order valence-electron chi connectivity index (χ2n) is 4.37. The minimum atomic E-state index is -0.587. The third-order valence-electron chi connectivity index (χ3n) is 3.26. The van der Waals surface area contributed by atoms with Crippen LogP contribution in [0.5, 0.6) is 0 Å². The van der Waals surface area contributed by atoms with E-state index in [4.69, 9.17) is 5.21 Å². The van der Waals surface area contributed by atoms with Crippen molar-refractivity contribution < 1.29 is 10.0 Å². The standard InChI is InChI=1S/C10H12N4O2/c15-9(13-16)8-2-11-10(12-3-8)14-4-6-1-7(6)5-14/h2-3,6-7,16H,1,4-5H2,(H,13,15)/t6-,7?/m0/s1. The third kappa shape index (κ3) is 1.51. The number of anilines is 1. The Morgan fingerprint density at radius 3 is 2.56 bits per heavy atom. The molecule has 2 aliphatic rings. The Balaban J connectivity index is 1.74. The molecule has 6 heteroatoms. The van der Waals surface area contributed by atoms with Crippen LogP contribution in [0.4, 0.5) is 5.95 Å². The van der Waals surface area contributed by atoms with Crippen molar-refractivity contribution in [3.8, 4) is 0 Å². The quantitative estimate of drug-likeness (QED) is 0.544. The number of fused-ring (bicyclic) bond motifs is 1. The van der Waals surface area contributed by atoms with Crippen molar-refractivity contribution in [2.75, 3.05) is 18.0 Å². The van der Waals surface area contributed by atoms with Gasteiger partial charge in [-0.15, -0.1) is 0 Å². The molecule has 1 saturated carbocycles. The van der Waals surface area contributed by atoms with Crippen molar-refractivity contribution in [1.82, 2.24) is 15.4 Å². The first-order chi connectivity index (χ1) is 7.78. The van der Waals surface area contributed by atoms with E-state index in [2.05, 4.69) is 14.9 Å². The van der Waals surface area contributed by atoms with Crippen LogP contribution >= 0.6 is 0 Å². The van der Waals surface area contributed by atoms with Gasteiger partial charge < -0.3 is 4.90 Å². The maximum atomic E-state index is 11.1. The Morgan fingerprint density at radius 2 is 2.00 bits per heavy atom. The number of nitrogens with one attached hydrogen (secondary N) is 1. The van der Waals surface area contributed by atoms with Gasteiger partial charge in [-0.1, -0.05) is 0 Å². The van der Waals surface area contributed by atoms with Crippen LogP contribution in [0.25, 0.3) is 0 Å². The molecule has 1 amide bonds. The van der Waals surface area contributed by atoms with Gasteiger partial charge in [-0.3, -0.25) is 10.0 Å². The molecule has 1 aromatic heterocycles. The van der Waals surface area contributed by atoms with Gasteiger partial charge in [-0.25, -0.2) is 15.4 Å². The van der Waals surface area contributed by atoms with Crippen LogP contribution in [0, 0.1) is 11.8 Å². The highest BCUT2D eigenvalue weighted by Gasteiger charge is 2.45. The first kappa shape index (κ1) is 9.53. The van der Waals surface area contributed by atoms with Crippen LogP contribution < -0.4 is 10.4 Å². The minimum absolute atomic E-state index is 0.260. The van der Waals surface area contributed by atoms with Gasteiger partial charge in [0, 0.05) is 25.5 Å².